The second kappa shape index (κ2) is 7.14. The molecule has 0 spiro atoms. The van der Waals surface area contributed by atoms with Crippen molar-refractivity contribution in [1.82, 2.24) is 0 Å². The van der Waals surface area contributed by atoms with Gasteiger partial charge in [0.2, 0.25) is 5.78 Å². The largest absolute Gasteiger partial charge is 0.497 e. The van der Waals surface area contributed by atoms with Gasteiger partial charge < -0.3 is 10.3 Å². The summed E-state index contributed by atoms with van der Waals surface area (Å²) in [5, 5.41) is 0. The standard InChI is InChI=1S/C13H14N2O2/c1-17-13-8-6-11(7-9-13)4-2-3-5-12(16)10-15-14/h2,4,6-10H,3,5H2,1H3. The maximum atomic E-state index is 11.0. The molecule has 0 amide bonds. The van der Waals surface area contributed by atoms with Crippen molar-refractivity contribution < 1.29 is 14.3 Å². The Balaban J connectivity index is 2.42. The summed E-state index contributed by atoms with van der Waals surface area (Å²) in [6, 6.07) is 7.63. The van der Waals surface area contributed by atoms with Crippen LogP contribution < -0.4 is 4.74 Å². The SMILES string of the molecule is COc1ccc(C=CCCC(=O)C=[N+]=[N-])cc1. The minimum Gasteiger partial charge on any atom is -0.497 e. The topological polar surface area (TPSA) is 62.7 Å². The number of hydrogen-bond donors (Lipinski definition) is 0. The number of hydrogen-bond acceptors (Lipinski definition) is 2. The first kappa shape index (κ1) is 12.9. The summed E-state index contributed by atoms with van der Waals surface area (Å²) in [6.45, 7) is 0. The van der Waals surface area contributed by atoms with Crippen molar-refractivity contribution in [1.29, 1.82) is 0 Å². The van der Waals surface area contributed by atoms with Gasteiger partial charge in [-0.05, 0) is 24.1 Å². The average Bonchev–Trinajstić information content (AvgIpc) is 2.36. The first-order chi connectivity index (χ1) is 8.26. The Kier molecular flexibility index (Phi) is 5.41. The van der Waals surface area contributed by atoms with E-state index < -0.39 is 0 Å². The lowest BCUT2D eigenvalue weighted by atomic mass is 10.1. The Morgan fingerprint density at radius 2 is 2.12 bits per heavy atom. The summed E-state index contributed by atoms with van der Waals surface area (Å²) in [7, 11) is 1.62. The zero-order chi connectivity index (χ0) is 12.5. The van der Waals surface area contributed by atoms with Crippen LogP contribution in [-0.2, 0) is 4.79 Å². The van der Waals surface area contributed by atoms with Crippen LogP contribution in [0.5, 0.6) is 5.75 Å². The molecule has 0 aliphatic carbocycles. The fourth-order valence-corrected chi connectivity index (χ4v) is 1.29. The van der Waals surface area contributed by atoms with Gasteiger partial charge in [0, 0.05) is 6.42 Å². The maximum Gasteiger partial charge on any atom is 0.323 e. The number of carbonyl (C=O) groups is 1. The van der Waals surface area contributed by atoms with E-state index in [0.717, 1.165) is 17.5 Å². The summed E-state index contributed by atoms with van der Waals surface area (Å²) in [6.07, 6.45) is 5.72. The average molecular weight is 230 g/mol. The number of allylic oxidation sites excluding steroid dienone is 1. The summed E-state index contributed by atoms with van der Waals surface area (Å²) >= 11 is 0. The van der Waals surface area contributed by atoms with Gasteiger partial charge in [-0.15, -0.1) is 0 Å². The highest BCUT2D eigenvalue weighted by Crippen LogP contribution is 2.12. The number of rotatable bonds is 6. The molecule has 0 radical (unpaired) electrons. The summed E-state index contributed by atoms with van der Waals surface area (Å²) in [5.74, 6) is 0.628. The predicted octanol–water partition coefficient (Wildman–Crippen LogP) is 2.36. The Morgan fingerprint density at radius 1 is 1.41 bits per heavy atom. The van der Waals surface area contributed by atoms with Crippen molar-refractivity contribution in [2.75, 3.05) is 7.11 Å². The number of nitrogens with zero attached hydrogens (tertiary/aromatic N) is 2. The van der Waals surface area contributed by atoms with Gasteiger partial charge in [0.15, 0.2) is 0 Å². The van der Waals surface area contributed by atoms with Crippen LogP contribution in [0, 0.1) is 0 Å². The van der Waals surface area contributed by atoms with Crippen LogP contribution in [0.15, 0.2) is 30.3 Å². The zero-order valence-electron chi connectivity index (χ0n) is 9.67. The summed E-state index contributed by atoms with van der Waals surface area (Å²) < 4.78 is 5.05. The van der Waals surface area contributed by atoms with Crippen LogP contribution in [0.4, 0.5) is 0 Å². The number of benzene rings is 1. The quantitative estimate of drug-likeness (QED) is 0.428. The molecule has 4 nitrogen and oxygen atoms in total. The van der Waals surface area contributed by atoms with Crippen LogP contribution in [-0.4, -0.2) is 23.9 Å². The molecule has 17 heavy (non-hydrogen) atoms. The van der Waals surface area contributed by atoms with E-state index in [4.69, 9.17) is 10.3 Å². The van der Waals surface area contributed by atoms with Crippen molar-refractivity contribution in [3.63, 3.8) is 0 Å². The van der Waals surface area contributed by atoms with Crippen molar-refractivity contribution in [3.05, 3.63) is 41.4 Å². The summed E-state index contributed by atoms with van der Waals surface area (Å²) in [4.78, 5) is 13.7. The van der Waals surface area contributed by atoms with Crippen LogP contribution in [0.2, 0.25) is 0 Å². The maximum absolute atomic E-state index is 11.0. The van der Waals surface area contributed by atoms with E-state index in [-0.39, 0.29) is 5.78 Å². The first-order valence-corrected chi connectivity index (χ1v) is 5.27. The van der Waals surface area contributed by atoms with Crippen molar-refractivity contribution in [2.24, 2.45) is 0 Å². The van der Waals surface area contributed by atoms with E-state index in [2.05, 4.69) is 4.79 Å². The van der Waals surface area contributed by atoms with Crippen LogP contribution in [0.3, 0.4) is 0 Å². The fourth-order valence-electron chi connectivity index (χ4n) is 1.29. The molecule has 0 saturated carbocycles. The van der Waals surface area contributed by atoms with Gasteiger partial charge in [-0.25, -0.2) is 0 Å². The molecular weight excluding hydrogens is 216 g/mol. The third-order valence-electron chi connectivity index (χ3n) is 2.19. The van der Waals surface area contributed by atoms with E-state index >= 15 is 0 Å². The molecule has 0 fully saturated rings. The highest BCUT2D eigenvalue weighted by atomic mass is 16.5. The second-order valence-electron chi connectivity index (χ2n) is 3.43. The summed E-state index contributed by atoms with van der Waals surface area (Å²) in [5.41, 5.74) is 9.19. The lowest BCUT2D eigenvalue weighted by Gasteiger charge is -1.98. The molecule has 0 unspecified atom stereocenters. The molecule has 88 valence electrons. The third kappa shape index (κ3) is 4.91. The lowest BCUT2D eigenvalue weighted by Crippen LogP contribution is -1.97. The van der Waals surface area contributed by atoms with E-state index in [1.807, 2.05) is 36.4 Å². The number of Topliss-reactive ketones (excluding diaryl/α,β-unsaturated/α-hetero) is 1. The molecule has 0 heterocycles. The lowest BCUT2D eigenvalue weighted by molar-refractivity contribution is -0.116. The zero-order valence-corrected chi connectivity index (χ0v) is 9.67. The molecule has 0 aliphatic heterocycles. The molecule has 0 atom stereocenters. The molecule has 0 saturated heterocycles. The minimum absolute atomic E-state index is 0.188. The third-order valence-corrected chi connectivity index (χ3v) is 2.19. The second-order valence-corrected chi connectivity index (χ2v) is 3.43. The van der Waals surface area contributed by atoms with Crippen LogP contribution in [0.1, 0.15) is 18.4 Å². The predicted molar refractivity (Wildman–Crippen MR) is 66.0 cm³/mol. The Labute approximate surface area is 100 Å². The molecule has 1 rings (SSSR count). The molecule has 0 bridgehead atoms. The molecule has 0 aromatic heterocycles. The van der Waals surface area contributed by atoms with Crippen LogP contribution in [0.25, 0.3) is 11.6 Å². The number of methoxy groups -OCH3 is 1. The van der Waals surface area contributed by atoms with E-state index in [0.29, 0.717) is 12.8 Å². The van der Waals surface area contributed by atoms with Crippen molar-refractivity contribution in [2.45, 2.75) is 12.8 Å². The smallest absolute Gasteiger partial charge is 0.323 e. The first-order valence-electron chi connectivity index (χ1n) is 5.27. The number of carbonyl (C=O) groups excluding carboxylic acids is 1. The molecule has 0 N–H and O–H groups in total. The Hall–Kier alpha value is -2.19. The van der Waals surface area contributed by atoms with Gasteiger partial charge in [-0.1, -0.05) is 24.3 Å². The highest BCUT2D eigenvalue weighted by Gasteiger charge is 1.99. The van der Waals surface area contributed by atoms with Crippen molar-refractivity contribution >= 4 is 18.1 Å². The minimum atomic E-state index is -0.188. The number of ketones is 1. The van der Waals surface area contributed by atoms with Gasteiger partial charge in [0.05, 0.1) is 7.11 Å². The van der Waals surface area contributed by atoms with E-state index in [9.17, 15) is 4.79 Å². The van der Waals surface area contributed by atoms with Crippen LogP contribution >= 0.6 is 0 Å². The van der Waals surface area contributed by atoms with Crippen molar-refractivity contribution in [3.8, 4) is 5.75 Å². The molecule has 0 aliphatic rings. The van der Waals surface area contributed by atoms with Gasteiger partial charge in [-0.2, -0.15) is 4.79 Å². The molecule has 1 aromatic rings. The Bertz CT molecular complexity index is 443. The van der Waals surface area contributed by atoms with E-state index in [1.165, 1.54) is 0 Å². The monoisotopic (exact) mass is 230 g/mol. The highest BCUT2D eigenvalue weighted by molar-refractivity contribution is 6.25. The fraction of sp³-hybridized carbons (Fsp3) is 0.231. The normalized spacial score (nSPS) is 9.94. The number of ether oxygens (including phenoxy) is 1. The van der Waals surface area contributed by atoms with E-state index in [1.54, 1.807) is 7.11 Å². The Morgan fingerprint density at radius 3 is 2.71 bits per heavy atom. The molecular formula is C13H14N2O2. The van der Waals surface area contributed by atoms with Gasteiger partial charge >= 0.3 is 6.21 Å². The van der Waals surface area contributed by atoms with Gasteiger partial charge in [0.1, 0.15) is 5.75 Å². The molecule has 1 aromatic carbocycles. The molecule has 4 heteroatoms. The van der Waals surface area contributed by atoms with Gasteiger partial charge in [-0.3, -0.25) is 4.79 Å². The van der Waals surface area contributed by atoms with Gasteiger partial charge in [0.25, 0.3) is 0 Å².